The molecule has 0 aliphatic carbocycles. The number of halogens is 1. The second-order valence-electron chi connectivity index (χ2n) is 6.37. The Labute approximate surface area is 150 Å². The zero-order valence-corrected chi connectivity index (χ0v) is 15.4. The summed E-state index contributed by atoms with van der Waals surface area (Å²) in [4.78, 5) is 19.8. The van der Waals surface area contributed by atoms with Crippen LogP contribution in [0.4, 0.5) is 5.69 Å². The first-order valence-corrected chi connectivity index (χ1v) is 9.05. The van der Waals surface area contributed by atoms with Crippen LogP contribution in [0, 0.1) is 0 Å². The first-order valence-electron chi connectivity index (χ1n) is 8.26. The predicted octanol–water partition coefficient (Wildman–Crippen LogP) is 3.37. The minimum atomic E-state index is -0.760. The van der Waals surface area contributed by atoms with Gasteiger partial charge >= 0.3 is 5.97 Å². The van der Waals surface area contributed by atoms with Crippen LogP contribution in [0.3, 0.4) is 0 Å². The number of aliphatic carboxylic acids is 1. The van der Waals surface area contributed by atoms with Crippen LogP contribution in [0.15, 0.2) is 34.9 Å². The average Bonchev–Trinajstić information content (AvgIpc) is 2.79. The fraction of sp³-hybridized carbons (Fsp3) is 0.444. The molecule has 1 saturated heterocycles. The second-order valence-corrected chi connectivity index (χ2v) is 7.29. The molecule has 2 aromatic rings. The molecule has 128 valence electrons. The van der Waals surface area contributed by atoms with E-state index in [1.165, 1.54) is 5.69 Å². The molecule has 1 aromatic heterocycles. The lowest BCUT2D eigenvalue weighted by atomic mass is 10.1. The lowest BCUT2D eigenvalue weighted by Gasteiger charge is -2.26. The molecule has 6 heteroatoms. The van der Waals surface area contributed by atoms with E-state index >= 15 is 0 Å². The molecule has 24 heavy (non-hydrogen) atoms. The van der Waals surface area contributed by atoms with Crippen molar-refractivity contribution in [1.29, 1.82) is 0 Å². The third-order valence-electron chi connectivity index (χ3n) is 4.73. The van der Waals surface area contributed by atoms with Crippen LogP contribution in [0.5, 0.6) is 0 Å². The standard InChI is InChI=1S/C18H22BrN3O2/c1-21(12-18(23)24)14-3-2-9-22(10-7-14)17-6-8-20-16-11-13(19)4-5-15(16)17/h4-6,8,11,14H,2-3,7,9-10,12H2,1H3,(H,23,24). The molecular weight excluding hydrogens is 370 g/mol. The molecule has 1 fully saturated rings. The van der Waals surface area contributed by atoms with Gasteiger partial charge in [0, 0.05) is 40.9 Å². The first-order chi connectivity index (χ1) is 11.5. The van der Waals surface area contributed by atoms with Crippen molar-refractivity contribution >= 4 is 38.5 Å². The van der Waals surface area contributed by atoms with Gasteiger partial charge in [-0.05, 0) is 50.6 Å². The Morgan fingerprint density at radius 2 is 2.21 bits per heavy atom. The minimum absolute atomic E-state index is 0.108. The van der Waals surface area contributed by atoms with E-state index < -0.39 is 5.97 Å². The Balaban J connectivity index is 1.78. The van der Waals surface area contributed by atoms with Crippen molar-refractivity contribution in [3.05, 3.63) is 34.9 Å². The molecule has 1 N–H and O–H groups in total. The van der Waals surface area contributed by atoms with Crippen molar-refractivity contribution in [1.82, 2.24) is 9.88 Å². The third-order valence-corrected chi connectivity index (χ3v) is 5.22. The number of carbonyl (C=O) groups is 1. The summed E-state index contributed by atoms with van der Waals surface area (Å²) in [6.45, 7) is 2.03. The number of benzene rings is 1. The minimum Gasteiger partial charge on any atom is -0.480 e. The number of aromatic nitrogens is 1. The Kier molecular flexibility index (Phi) is 5.36. The van der Waals surface area contributed by atoms with Crippen molar-refractivity contribution in [3.63, 3.8) is 0 Å². The second kappa shape index (κ2) is 7.49. The van der Waals surface area contributed by atoms with Gasteiger partial charge in [0.05, 0.1) is 12.1 Å². The van der Waals surface area contributed by atoms with Crippen molar-refractivity contribution < 1.29 is 9.90 Å². The number of nitrogens with zero attached hydrogens (tertiary/aromatic N) is 3. The summed E-state index contributed by atoms with van der Waals surface area (Å²) in [5.41, 5.74) is 2.21. The number of fused-ring (bicyclic) bond motifs is 1. The van der Waals surface area contributed by atoms with Crippen LogP contribution < -0.4 is 4.90 Å². The Morgan fingerprint density at radius 3 is 3.00 bits per heavy atom. The number of carboxylic acid groups (broad SMARTS) is 1. The van der Waals surface area contributed by atoms with Gasteiger partial charge in [-0.2, -0.15) is 0 Å². The van der Waals surface area contributed by atoms with E-state index in [1.54, 1.807) is 0 Å². The molecule has 1 aliphatic rings. The van der Waals surface area contributed by atoms with Crippen LogP contribution >= 0.6 is 15.9 Å². The number of rotatable bonds is 4. The van der Waals surface area contributed by atoms with E-state index in [9.17, 15) is 4.79 Å². The van der Waals surface area contributed by atoms with Gasteiger partial charge in [0.2, 0.25) is 0 Å². The highest BCUT2D eigenvalue weighted by atomic mass is 79.9. The van der Waals surface area contributed by atoms with Gasteiger partial charge in [0.25, 0.3) is 0 Å². The number of likely N-dealkylation sites (N-methyl/N-ethyl adjacent to an activating group) is 1. The van der Waals surface area contributed by atoms with Crippen LogP contribution in [0.1, 0.15) is 19.3 Å². The van der Waals surface area contributed by atoms with Crippen molar-refractivity contribution in [2.75, 3.05) is 31.6 Å². The molecule has 0 spiro atoms. The highest BCUT2D eigenvalue weighted by Gasteiger charge is 2.22. The largest absolute Gasteiger partial charge is 0.480 e. The summed E-state index contributed by atoms with van der Waals surface area (Å²) in [5.74, 6) is -0.760. The molecule has 1 aliphatic heterocycles. The molecule has 3 rings (SSSR count). The van der Waals surface area contributed by atoms with Crippen molar-refractivity contribution in [2.24, 2.45) is 0 Å². The molecule has 0 bridgehead atoms. The molecule has 1 unspecified atom stereocenters. The van der Waals surface area contributed by atoms with Gasteiger partial charge in [0.1, 0.15) is 0 Å². The lowest BCUT2D eigenvalue weighted by Crippen LogP contribution is -2.36. The first kappa shape index (κ1) is 17.2. The molecule has 0 saturated carbocycles. The van der Waals surface area contributed by atoms with E-state index in [2.05, 4.69) is 44.0 Å². The topological polar surface area (TPSA) is 56.7 Å². The van der Waals surface area contributed by atoms with Crippen molar-refractivity contribution in [2.45, 2.75) is 25.3 Å². The van der Waals surface area contributed by atoms with E-state index in [0.717, 1.165) is 47.7 Å². The third kappa shape index (κ3) is 3.87. The molecule has 1 atom stereocenters. The number of pyridine rings is 1. The predicted molar refractivity (Wildman–Crippen MR) is 99.6 cm³/mol. The van der Waals surface area contributed by atoms with E-state index in [0.29, 0.717) is 6.04 Å². The molecule has 0 amide bonds. The van der Waals surface area contributed by atoms with Crippen LogP contribution in [-0.2, 0) is 4.79 Å². The van der Waals surface area contributed by atoms with Gasteiger partial charge in [-0.1, -0.05) is 15.9 Å². The van der Waals surface area contributed by atoms with E-state index in [1.807, 2.05) is 24.2 Å². The molecular formula is C18H22BrN3O2. The molecule has 1 aromatic carbocycles. The fourth-order valence-corrected chi connectivity index (χ4v) is 3.83. The number of hydrogen-bond donors (Lipinski definition) is 1. The molecule has 5 nitrogen and oxygen atoms in total. The Bertz CT molecular complexity index is 737. The number of hydrogen-bond acceptors (Lipinski definition) is 4. The monoisotopic (exact) mass is 391 g/mol. The zero-order valence-electron chi connectivity index (χ0n) is 13.8. The van der Waals surface area contributed by atoms with Gasteiger partial charge in [-0.15, -0.1) is 0 Å². The summed E-state index contributed by atoms with van der Waals surface area (Å²) in [6.07, 6.45) is 4.94. The molecule has 2 heterocycles. The summed E-state index contributed by atoms with van der Waals surface area (Å²) in [6, 6.07) is 8.61. The summed E-state index contributed by atoms with van der Waals surface area (Å²) >= 11 is 3.50. The van der Waals surface area contributed by atoms with Crippen LogP contribution in [-0.4, -0.2) is 53.7 Å². The van der Waals surface area contributed by atoms with Gasteiger partial charge in [-0.25, -0.2) is 0 Å². The van der Waals surface area contributed by atoms with Crippen LogP contribution in [0.25, 0.3) is 10.9 Å². The maximum Gasteiger partial charge on any atom is 0.317 e. The lowest BCUT2D eigenvalue weighted by molar-refractivity contribution is -0.138. The Morgan fingerprint density at radius 1 is 1.38 bits per heavy atom. The fourth-order valence-electron chi connectivity index (χ4n) is 3.48. The highest BCUT2D eigenvalue weighted by Crippen LogP contribution is 2.29. The maximum absolute atomic E-state index is 10.9. The van der Waals surface area contributed by atoms with Gasteiger partial charge < -0.3 is 10.0 Å². The zero-order chi connectivity index (χ0) is 17.1. The van der Waals surface area contributed by atoms with Crippen molar-refractivity contribution in [3.8, 4) is 0 Å². The average molecular weight is 392 g/mol. The van der Waals surface area contributed by atoms with Gasteiger partial charge in [0.15, 0.2) is 0 Å². The van der Waals surface area contributed by atoms with Gasteiger partial charge in [-0.3, -0.25) is 14.7 Å². The van der Waals surface area contributed by atoms with E-state index in [4.69, 9.17) is 5.11 Å². The van der Waals surface area contributed by atoms with Crippen LogP contribution in [0.2, 0.25) is 0 Å². The summed E-state index contributed by atoms with van der Waals surface area (Å²) < 4.78 is 1.03. The SMILES string of the molecule is CN(CC(=O)O)C1CCCN(c2ccnc3cc(Br)ccc23)CC1. The smallest absolute Gasteiger partial charge is 0.317 e. The normalized spacial score (nSPS) is 18.8. The van der Waals surface area contributed by atoms with E-state index in [-0.39, 0.29) is 6.54 Å². The molecule has 0 radical (unpaired) electrons. The quantitative estimate of drug-likeness (QED) is 0.865. The summed E-state index contributed by atoms with van der Waals surface area (Å²) in [7, 11) is 1.91. The highest BCUT2D eigenvalue weighted by molar-refractivity contribution is 9.10. The number of anilines is 1. The summed E-state index contributed by atoms with van der Waals surface area (Å²) in [5, 5.41) is 10.2. The maximum atomic E-state index is 10.9. The number of carboxylic acids is 1. The Hall–Kier alpha value is -1.66.